The van der Waals surface area contributed by atoms with Gasteiger partial charge in [0, 0.05) is 23.7 Å². The number of carbonyl (C=O) groups excluding carboxylic acids is 2. The Balaban J connectivity index is 2.12. The van der Waals surface area contributed by atoms with E-state index in [9.17, 15) is 9.59 Å². The van der Waals surface area contributed by atoms with Crippen molar-refractivity contribution in [1.29, 1.82) is 0 Å². The Hall–Kier alpha value is -1.75. The molecule has 5 heteroatoms. The first kappa shape index (κ1) is 17.6. The number of allylic oxidation sites excluding steroid dienone is 1. The molecule has 1 heterocycles. The number of amides is 2. The second kappa shape index (κ2) is 8.20. The zero-order valence-corrected chi connectivity index (χ0v) is 14.6. The lowest BCUT2D eigenvalue weighted by Gasteiger charge is -2.31. The van der Waals surface area contributed by atoms with Gasteiger partial charge in [0.25, 0.3) is 5.91 Å². The molecule has 2 rings (SSSR count). The molecule has 1 aliphatic heterocycles. The molecular formula is C18H24N2O2S. The predicted molar refractivity (Wildman–Crippen MR) is 94.4 cm³/mol. The van der Waals surface area contributed by atoms with Crippen LogP contribution in [0.3, 0.4) is 0 Å². The largest absolute Gasteiger partial charge is 0.369 e. The van der Waals surface area contributed by atoms with E-state index in [1.807, 2.05) is 24.3 Å². The standard InChI is InChI=1S/C18H24N2O2S/c1-13(2)9-11-23-16-8-4-3-7-15(16)18(22)20-10-5-6-14(12-20)17(19)21/h3-4,7-9,14H,5-6,10-12H2,1-2H3,(H2,19,21)/t14-/m0/s1. The van der Waals surface area contributed by atoms with Crippen molar-refractivity contribution in [1.82, 2.24) is 4.90 Å². The van der Waals surface area contributed by atoms with Crippen LogP contribution in [0.1, 0.15) is 37.0 Å². The van der Waals surface area contributed by atoms with E-state index in [1.54, 1.807) is 16.7 Å². The number of hydrogen-bond donors (Lipinski definition) is 1. The third kappa shape index (κ3) is 4.86. The molecule has 2 N–H and O–H groups in total. The van der Waals surface area contributed by atoms with E-state index in [1.165, 1.54) is 5.57 Å². The van der Waals surface area contributed by atoms with Gasteiger partial charge in [-0.25, -0.2) is 0 Å². The molecule has 4 nitrogen and oxygen atoms in total. The number of benzene rings is 1. The van der Waals surface area contributed by atoms with Gasteiger partial charge in [-0.3, -0.25) is 9.59 Å². The van der Waals surface area contributed by atoms with Crippen LogP contribution in [-0.4, -0.2) is 35.6 Å². The minimum Gasteiger partial charge on any atom is -0.369 e. The Labute approximate surface area is 142 Å². The third-order valence-corrected chi connectivity index (χ3v) is 4.96. The summed E-state index contributed by atoms with van der Waals surface area (Å²) in [5, 5.41) is 0. The molecule has 1 aromatic rings. The topological polar surface area (TPSA) is 63.4 Å². The summed E-state index contributed by atoms with van der Waals surface area (Å²) < 4.78 is 0. The van der Waals surface area contributed by atoms with Crippen molar-refractivity contribution in [3.05, 3.63) is 41.5 Å². The van der Waals surface area contributed by atoms with Gasteiger partial charge in [-0.2, -0.15) is 0 Å². The Morgan fingerprint density at radius 3 is 2.78 bits per heavy atom. The molecule has 0 bridgehead atoms. The molecule has 1 fully saturated rings. The van der Waals surface area contributed by atoms with Crippen molar-refractivity contribution >= 4 is 23.6 Å². The molecule has 124 valence electrons. The molecule has 0 radical (unpaired) electrons. The number of hydrogen-bond acceptors (Lipinski definition) is 3. The SMILES string of the molecule is CC(C)=CCSc1ccccc1C(=O)N1CCC[C@H](C(N)=O)C1. The summed E-state index contributed by atoms with van der Waals surface area (Å²) in [5.41, 5.74) is 7.38. The van der Waals surface area contributed by atoms with E-state index in [-0.39, 0.29) is 17.7 Å². The zero-order valence-electron chi connectivity index (χ0n) is 13.7. The van der Waals surface area contributed by atoms with Crippen LogP contribution in [0.4, 0.5) is 0 Å². The van der Waals surface area contributed by atoms with E-state index in [0.29, 0.717) is 18.7 Å². The quantitative estimate of drug-likeness (QED) is 0.666. The maximum Gasteiger partial charge on any atom is 0.255 e. The van der Waals surface area contributed by atoms with Crippen LogP contribution in [-0.2, 0) is 4.79 Å². The second-order valence-corrected chi connectivity index (χ2v) is 7.14. The van der Waals surface area contributed by atoms with Gasteiger partial charge in [0.2, 0.25) is 5.91 Å². The maximum atomic E-state index is 12.8. The monoisotopic (exact) mass is 332 g/mol. The average molecular weight is 332 g/mol. The predicted octanol–water partition coefficient (Wildman–Crippen LogP) is 3.08. The molecule has 0 saturated carbocycles. The van der Waals surface area contributed by atoms with Crippen LogP contribution in [0.2, 0.25) is 0 Å². The highest BCUT2D eigenvalue weighted by molar-refractivity contribution is 7.99. The number of nitrogens with zero attached hydrogens (tertiary/aromatic N) is 1. The second-order valence-electron chi connectivity index (χ2n) is 6.08. The van der Waals surface area contributed by atoms with Crippen LogP contribution in [0.5, 0.6) is 0 Å². The number of piperidine rings is 1. The molecule has 1 aromatic carbocycles. The highest BCUT2D eigenvalue weighted by Crippen LogP contribution is 2.26. The van der Waals surface area contributed by atoms with Crippen molar-refractivity contribution < 1.29 is 9.59 Å². The molecule has 0 aliphatic carbocycles. The summed E-state index contributed by atoms with van der Waals surface area (Å²) in [5.74, 6) is 0.305. The van der Waals surface area contributed by atoms with E-state index in [2.05, 4.69) is 19.9 Å². The first-order valence-corrected chi connectivity index (χ1v) is 8.91. The van der Waals surface area contributed by atoms with E-state index >= 15 is 0 Å². The molecule has 0 unspecified atom stereocenters. The maximum absolute atomic E-state index is 12.8. The van der Waals surface area contributed by atoms with Gasteiger partial charge in [0.05, 0.1) is 11.5 Å². The number of likely N-dealkylation sites (tertiary alicyclic amines) is 1. The number of thioether (sulfide) groups is 1. The number of primary amides is 1. The van der Waals surface area contributed by atoms with Crippen LogP contribution in [0.15, 0.2) is 40.8 Å². The van der Waals surface area contributed by atoms with E-state index in [4.69, 9.17) is 5.73 Å². The minimum absolute atomic E-state index is 0.00347. The Morgan fingerprint density at radius 1 is 1.35 bits per heavy atom. The fourth-order valence-electron chi connectivity index (χ4n) is 2.63. The Kier molecular flexibility index (Phi) is 6.28. The summed E-state index contributed by atoms with van der Waals surface area (Å²) in [7, 11) is 0. The summed E-state index contributed by atoms with van der Waals surface area (Å²) in [6, 6.07) is 7.67. The number of carbonyl (C=O) groups is 2. The number of nitrogens with two attached hydrogens (primary N) is 1. The first-order valence-electron chi connectivity index (χ1n) is 7.93. The van der Waals surface area contributed by atoms with Crippen molar-refractivity contribution in [2.45, 2.75) is 31.6 Å². The lowest BCUT2D eigenvalue weighted by molar-refractivity contribution is -0.123. The molecular weight excluding hydrogens is 308 g/mol. The molecule has 1 aliphatic rings. The molecule has 23 heavy (non-hydrogen) atoms. The van der Waals surface area contributed by atoms with Crippen molar-refractivity contribution in [2.75, 3.05) is 18.8 Å². The fraction of sp³-hybridized carbons (Fsp3) is 0.444. The Morgan fingerprint density at radius 2 is 2.09 bits per heavy atom. The summed E-state index contributed by atoms with van der Waals surface area (Å²) in [4.78, 5) is 27.0. The van der Waals surface area contributed by atoms with Gasteiger partial charge < -0.3 is 10.6 Å². The van der Waals surface area contributed by atoms with Crippen molar-refractivity contribution in [2.24, 2.45) is 11.7 Å². The highest BCUT2D eigenvalue weighted by atomic mass is 32.2. The van der Waals surface area contributed by atoms with Gasteiger partial charge in [-0.15, -0.1) is 11.8 Å². The van der Waals surface area contributed by atoms with Crippen LogP contribution in [0, 0.1) is 5.92 Å². The van der Waals surface area contributed by atoms with Gasteiger partial charge in [-0.05, 0) is 38.8 Å². The van der Waals surface area contributed by atoms with Crippen LogP contribution in [0.25, 0.3) is 0 Å². The van der Waals surface area contributed by atoms with Gasteiger partial charge >= 0.3 is 0 Å². The molecule has 2 amide bonds. The first-order chi connectivity index (χ1) is 11.0. The summed E-state index contributed by atoms with van der Waals surface area (Å²) in [6.45, 7) is 5.25. The highest BCUT2D eigenvalue weighted by Gasteiger charge is 2.28. The minimum atomic E-state index is -0.311. The molecule has 0 spiro atoms. The van der Waals surface area contributed by atoms with Gasteiger partial charge in [0.15, 0.2) is 0 Å². The molecule has 0 aromatic heterocycles. The lowest BCUT2D eigenvalue weighted by atomic mass is 9.97. The van der Waals surface area contributed by atoms with Crippen LogP contribution < -0.4 is 5.73 Å². The lowest BCUT2D eigenvalue weighted by Crippen LogP contribution is -2.44. The molecule has 1 saturated heterocycles. The van der Waals surface area contributed by atoms with Crippen LogP contribution >= 0.6 is 11.8 Å². The number of rotatable bonds is 5. The Bertz CT molecular complexity index is 609. The third-order valence-electron chi connectivity index (χ3n) is 3.96. The van der Waals surface area contributed by atoms with Crippen molar-refractivity contribution in [3.8, 4) is 0 Å². The van der Waals surface area contributed by atoms with Gasteiger partial charge in [-0.1, -0.05) is 23.8 Å². The van der Waals surface area contributed by atoms with E-state index < -0.39 is 0 Å². The average Bonchev–Trinajstić information content (AvgIpc) is 2.54. The summed E-state index contributed by atoms with van der Waals surface area (Å²) >= 11 is 1.66. The summed E-state index contributed by atoms with van der Waals surface area (Å²) in [6.07, 6.45) is 3.75. The zero-order chi connectivity index (χ0) is 16.8. The van der Waals surface area contributed by atoms with Crippen molar-refractivity contribution in [3.63, 3.8) is 0 Å². The van der Waals surface area contributed by atoms with Gasteiger partial charge in [0.1, 0.15) is 0 Å². The fourth-order valence-corrected chi connectivity index (χ4v) is 3.71. The normalized spacial score (nSPS) is 17.7. The smallest absolute Gasteiger partial charge is 0.255 e. The molecule has 1 atom stereocenters. The van der Waals surface area contributed by atoms with E-state index in [0.717, 1.165) is 23.5 Å².